The van der Waals surface area contributed by atoms with Crippen molar-refractivity contribution < 1.29 is 47.8 Å². The van der Waals surface area contributed by atoms with Crippen molar-refractivity contribution >= 4 is 19.8 Å². The molecule has 0 spiro atoms. The number of aliphatic hydroxyl groups is 2. The number of unbranched alkanes of at least 4 members (excludes halogenated alkanes) is 25. The number of hydrogen-bond acceptors (Lipinski definition) is 9. The summed E-state index contributed by atoms with van der Waals surface area (Å²) in [6, 6.07) is 0. The van der Waals surface area contributed by atoms with Crippen LogP contribution >= 0.6 is 7.82 Å². The number of aliphatic hydroxyl groups excluding tert-OH is 2. The number of ether oxygens (including phenoxy) is 2. The minimum absolute atomic E-state index is 0.178. The third kappa shape index (κ3) is 38.8. The molecule has 0 fully saturated rings. The molecule has 0 aliphatic heterocycles. The fourth-order valence-electron chi connectivity index (χ4n) is 6.05. The molecule has 53 heavy (non-hydrogen) atoms. The molecule has 0 bridgehead atoms. The SMILES string of the molecule is CCCCC/C=C\CCCCCCCC(=O)O[C@H](COC(=O)CCCCCCCCCCCCCCCCCCCC)COP(=O)(O)OC[C@@H](O)CO. The van der Waals surface area contributed by atoms with E-state index in [9.17, 15) is 24.2 Å². The van der Waals surface area contributed by atoms with Gasteiger partial charge in [-0.2, -0.15) is 0 Å². The van der Waals surface area contributed by atoms with Gasteiger partial charge in [-0.15, -0.1) is 0 Å². The van der Waals surface area contributed by atoms with Crippen molar-refractivity contribution in [2.75, 3.05) is 26.4 Å². The van der Waals surface area contributed by atoms with Gasteiger partial charge in [0, 0.05) is 12.8 Å². The van der Waals surface area contributed by atoms with Crippen LogP contribution in [0.4, 0.5) is 0 Å². The molecule has 0 radical (unpaired) electrons. The first-order valence-corrected chi connectivity index (χ1v) is 23.1. The van der Waals surface area contributed by atoms with Gasteiger partial charge in [-0.3, -0.25) is 18.6 Å². The molecule has 0 amide bonds. The number of hydrogen-bond donors (Lipinski definition) is 3. The van der Waals surface area contributed by atoms with Gasteiger partial charge >= 0.3 is 19.8 Å². The van der Waals surface area contributed by atoms with E-state index >= 15 is 0 Å². The van der Waals surface area contributed by atoms with Gasteiger partial charge in [-0.05, 0) is 38.5 Å². The van der Waals surface area contributed by atoms with Crippen LogP contribution in [0.5, 0.6) is 0 Å². The maximum absolute atomic E-state index is 12.6. The van der Waals surface area contributed by atoms with Crippen LogP contribution in [-0.4, -0.2) is 65.7 Å². The predicted octanol–water partition coefficient (Wildman–Crippen LogP) is 11.2. The van der Waals surface area contributed by atoms with Gasteiger partial charge in [0.05, 0.1) is 19.8 Å². The fourth-order valence-corrected chi connectivity index (χ4v) is 6.84. The summed E-state index contributed by atoms with van der Waals surface area (Å²) in [6.07, 6.45) is 36.1. The molecular weight excluding hydrogens is 695 g/mol. The Kier molecular flexibility index (Phi) is 38.0. The lowest BCUT2D eigenvalue weighted by Crippen LogP contribution is -2.29. The lowest BCUT2D eigenvalue weighted by molar-refractivity contribution is -0.161. The standard InChI is InChI=1S/C42H81O10P/c1-3-5-7-9-11-13-15-17-18-19-20-21-22-24-25-27-29-31-33-41(45)49-37-40(38-51-53(47,48)50-36-39(44)35-43)52-42(46)34-32-30-28-26-23-16-14-12-10-8-6-4-2/h12,14,39-40,43-44H,3-11,13,15-38H2,1-2H3,(H,47,48)/b14-12-/t39-,40+/m0/s1. The number of phosphoric acid groups is 1. The minimum atomic E-state index is -4.61. The normalized spacial score (nSPS) is 14.0. The lowest BCUT2D eigenvalue weighted by atomic mass is 10.0. The van der Waals surface area contributed by atoms with Crippen molar-refractivity contribution in [3.63, 3.8) is 0 Å². The average Bonchev–Trinajstić information content (AvgIpc) is 3.14. The second-order valence-electron chi connectivity index (χ2n) is 14.7. The monoisotopic (exact) mass is 777 g/mol. The first-order chi connectivity index (χ1) is 25.7. The Labute approximate surface area is 324 Å². The number of carbonyl (C=O) groups is 2. The molecule has 0 aromatic carbocycles. The van der Waals surface area contributed by atoms with Crippen molar-refractivity contribution in [2.45, 2.75) is 219 Å². The molecule has 3 atom stereocenters. The van der Waals surface area contributed by atoms with E-state index in [4.69, 9.17) is 19.1 Å². The zero-order chi connectivity index (χ0) is 39.1. The summed E-state index contributed by atoms with van der Waals surface area (Å²) in [6.45, 7) is 2.37. The molecule has 0 saturated heterocycles. The van der Waals surface area contributed by atoms with Crippen LogP contribution in [0.2, 0.25) is 0 Å². The van der Waals surface area contributed by atoms with Gasteiger partial charge in [0.1, 0.15) is 12.7 Å². The quantitative estimate of drug-likeness (QED) is 0.0237. The Hall–Kier alpha value is -1.29. The summed E-state index contributed by atoms with van der Waals surface area (Å²) >= 11 is 0. The molecule has 0 aromatic heterocycles. The molecule has 0 aliphatic rings. The summed E-state index contributed by atoms with van der Waals surface area (Å²) < 4.78 is 32.7. The van der Waals surface area contributed by atoms with Gasteiger partial charge < -0.3 is 24.6 Å². The van der Waals surface area contributed by atoms with Crippen molar-refractivity contribution in [1.82, 2.24) is 0 Å². The number of carbonyl (C=O) groups excluding carboxylic acids is 2. The number of esters is 2. The Morgan fingerprint density at radius 1 is 0.547 bits per heavy atom. The molecule has 11 heteroatoms. The highest BCUT2D eigenvalue weighted by Crippen LogP contribution is 2.43. The number of allylic oxidation sites excluding steroid dienone is 2. The van der Waals surface area contributed by atoms with Gasteiger partial charge in [0.15, 0.2) is 6.10 Å². The molecule has 0 heterocycles. The van der Waals surface area contributed by atoms with Crippen LogP contribution < -0.4 is 0 Å². The Morgan fingerprint density at radius 3 is 1.40 bits per heavy atom. The molecule has 314 valence electrons. The lowest BCUT2D eigenvalue weighted by Gasteiger charge is -2.20. The molecule has 0 rings (SSSR count). The van der Waals surface area contributed by atoms with Crippen molar-refractivity contribution in [2.24, 2.45) is 0 Å². The third-order valence-electron chi connectivity index (χ3n) is 9.42. The third-order valence-corrected chi connectivity index (χ3v) is 10.4. The van der Waals surface area contributed by atoms with E-state index in [-0.39, 0.29) is 19.4 Å². The van der Waals surface area contributed by atoms with E-state index in [1.54, 1.807) is 0 Å². The summed E-state index contributed by atoms with van der Waals surface area (Å²) in [4.78, 5) is 34.9. The molecule has 0 aromatic rings. The molecular formula is C42H81O10P. The van der Waals surface area contributed by atoms with E-state index in [2.05, 4.69) is 30.5 Å². The van der Waals surface area contributed by atoms with E-state index in [1.165, 1.54) is 109 Å². The van der Waals surface area contributed by atoms with E-state index in [0.29, 0.717) is 12.8 Å². The average molecular weight is 777 g/mol. The smallest absolute Gasteiger partial charge is 0.462 e. The number of phosphoric ester groups is 1. The molecule has 0 saturated carbocycles. The van der Waals surface area contributed by atoms with Crippen LogP contribution in [0.25, 0.3) is 0 Å². The highest BCUT2D eigenvalue weighted by molar-refractivity contribution is 7.47. The van der Waals surface area contributed by atoms with E-state index in [1.807, 2.05) is 0 Å². The molecule has 0 aliphatic carbocycles. The maximum Gasteiger partial charge on any atom is 0.472 e. The summed E-state index contributed by atoms with van der Waals surface area (Å²) in [5.41, 5.74) is 0. The van der Waals surface area contributed by atoms with Crippen molar-refractivity contribution in [1.29, 1.82) is 0 Å². The van der Waals surface area contributed by atoms with Crippen molar-refractivity contribution in [3.05, 3.63) is 12.2 Å². The van der Waals surface area contributed by atoms with E-state index in [0.717, 1.165) is 57.8 Å². The Morgan fingerprint density at radius 2 is 0.925 bits per heavy atom. The predicted molar refractivity (Wildman–Crippen MR) is 215 cm³/mol. The van der Waals surface area contributed by atoms with Crippen LogP contribution in [0.3, 0.4) is 0 Å². The first kappa shape index (κ1) is 51.7. The summed E-state index contributed by atoms with van der Waals surface area (Å²) in [7, 11) is -4.61. The zero-order valence-corrected chi connectivity index (χ0v) is 34.9. The fraction of sp³-hybridized carbons (Fsp3) is 0.905. The second-order valence-corrected chi connectivity index (χ2v) is 16.2. The van der Waals surface area contributed by atoms with Crippen LogP contribution in [0.15, 0.2) is 12.2 Å². The van der Waals surface area contributed by atoms with Gasteiger partial charge in [0.25, 0.3) is 0 Å². The van der Waals surface area contributed by atoms with E-state index < -0.39 is 51.8 Å². The largest absolute Gasteiger partial charge is 0.472 e. The second kappa shape index (κ2) is 39.0. The van der Waals surface area contributed by atoms with Crippen molar-refractivity contribution in [3.8, 4) is 0 Å². The highest BCUT2D eigenvalue weighted by Gasteiger charge is 2.27. The van der Waals surface area contributed by atoms with Crippen LogP contribution in [-0.2, 0) is 32.7 Å². The van der Waals surface area contributed by atoms with Crippen LogP contribution in [0.1, 0.15) is 206 Å². The van der Waals surface area contributed by atoms with Crippen LogP contribution in [0, 0.1) is 0 Å². The minimum Gasteiger partial charge on any atom is -0.462 e. The molecule has 1 unspecified atom stereocenters. The Bertz CT molecular complexity index is 899. The zero-order valence-electron chi connectivity index (χ0n) is 34.0. The first-order valence-electron chi connectivity index (χ1n) is 21.6. The topological polar surface area (TPSA) is 149 Å². The Balaban J connectivity index is 4.23. The molecule has 10 nitrogen and oxygen atoms in total. The molecule has 3 N–H and O–H groups in total. The van der Waals surface area contributed by atoms with Gasteiger partial charge in [0.2, 0.25) is 0 Å². The summed E-state index contributed by atoms with van der Waals surface area (Å²) in [5, 5.41) is 18.3. The van der Waals surface area contributed by atoms with Gasteiger partial charge in [-0.25, -0.2) is 4.57 Å². The summed E-state index contributed by atoms with van der Waals surface area (Å²) in [5.74, 6) is -0.926. The van der Waals surface area contributed by atoms with Gasteiger partial charge in [-0.1, -0.05) is 167 Å². The number of rotatable bonds is 41. The maximum atomic E-state index is 12.6. The highest BCUT2D eigenvalue weighted by atomic mass is 31.2.